The number of ether oxygens (including phenoxy) is 2. The lowest BCUT2D eigenvalue weighted by Crippen LogP contribution is -2.38. The lowest BCUT2D eigenvalue weighted by molar-refractivity contribution is -0.116. The van der Waals surface area contributed by atoms with Crippen LogP contribution in [0.4, 0.5) is 5.95 Å². The van der Waals surface area contributed by atoms with Crippen LogP contribution in [-0.2, 0) is 4.79 Å². The third-order valence-electron chi connectivity index (χ3n) is 5.93. The van der Waals surface area contributed by atoms with Gasteiger partial charge >= 0.3 is 0 Å². The van der Waals surface area contributed by atoms with Gasteiger partial charge in [-0.3, -0.25) is 19.5 Å². The number of hydrogen-bond acceptors (Lipinski definition) is 5. The average molecular weight is 495 g/mol. The van der Waals surface area contributed by atoms with Crippen LogP contribution in [-0.4, -0.2) is 46.1 Å². The Kier molecular flexibility index (Phi) is 6.72. The molecule has 0 saturated carbocycles. The van der Waals surface area contributed by atoms with Crippen molar-refractivity contribution in [3.05, 3.63) is 103 Å². The van der Waals surface area contributed by atoms with Crippen molar-refractivity contribution in [1.29, 1.82) is 0 Å². The van der Waals surface area contributed by atoms with E-state index in [1.54, 1.807) is 24.3 Å². The van der Waals surface area contributed by atoms with E-state index >= 15 is 0 Å². The van der Waals surface area contributed by atoms with Crippen molar-refractivity contribution >= 4 is 17.8 Å². The lowest BCUT2D eigenvalue weighted by atomic mass is 10.1. The first-order chi connectivity index (χ1) is 18.0. The van der Waals surface area contributed by atoms with E-state index < -0.39 is 0 Å². The van der Waals surface area contributed by atoms with E-state index in [9.17, 15) is 9.59 Å². The predicted molar refractivity (Wildman–Crippen MR) is 141 cm³/mol. The Morgan fingerprint density at radius 1 is 1.05 bits per heavy atom. The summed E-state index contributed by atoms with van der Waals surface area (Å²) in [6, 6.07) is 22.6. The van der Waals surface area contributed by atoms with Crippen LogP contribution in [0.5, 0.6) is 11.5 Å². The zero-order valence-corrected chi connectivity index (χ0v) is 20.4. The van der Waals surface area contributed by atoms with Gasteiger partial charge in [-0.1, -0.05) is 54.1 Å². The molecule has 0 saturated heterocycles. The van der Waals surface area contributed by atoms with E-state index in [-0.39, 0.29) is 31.7 Å². The Hall–Kier alpha value is -4.85. The standard InChI is InChI=1S/C29H26N4O4/c1-3-15-32(28(35)22-11-14-25-26(16-22)37-19-36-25)18-27(34)31-29-30-24(21-7-5-4-6-8-21)17-33(29)23-12-9-20(2)10-13-23/h3-14,16-17H,1,15,18-19H2,2H3,(H,30,31,34). The fraction of sp³-hybridized carbons (Fsp3) is 0.138. The van der Waals surface area contributed by atoms with E-state index in [4.69, 9.17) is 14.5 Å². The van der Waals surface area contributed by atoms with Crippen LogP contribution < -0.4 is 14.8 Å². The molecular weight excluding hydrogens is 468 g/mol. The number of carbonyl (C=O) groups is 2. The van der Waals surface area contributed by atoms with Crippen LogP contribution in [0.3, 0.4) is 0 Å². The molecule has 186 valence electrons. The fourth-order valence-corrected chi connectivity index (χ4v) is 4.04. The number of benzene rings is 3. The van der Waals surface area contributed by atoms with Gasteiger partial charge in [0.05, 0.1) is 5.69 Å². The summed E-state index contributed by atoms with van der Waals surface area (Å²) in [6.45, 7) is 5.88. The molecule has 2 heterocycles. The van der Waals surface area contributed by atoms with Crippen molar-refractivity contribution in [2.45, 2.75) is 6.92 Å². The second-order valence-corrected chi connectivity index (χ2v) is 8.61. The van der Waals surface area contributed by atoms with Gasteiger partial charge in [-0.2, -0.15) is 0 Å². The topological polar surface area (TPSA) is 85.7 Å². The molecule has 0 fully saturated rings. The monoisotopic (exact) mass is 494 g/mol. The number of carbonyl (C=O) groups excluding carboxylic acids is 2. The zero-order chi connectivity index (χ0) is 25.8. The van der Waals surface area contributed by atoms with Crippen LogP contribution in [0, 0.1) is 6.92 Å². The summed E-state index contributed by atoms with van der Waals surface area (Å²) < 4.78 is 12.5. The second kappa shape index (κ2) is 10.4. The van der Waals surface area contributed by atoms with Gasteiger partial charge < -0.3 is 14.4 Å². The van der Waals surface area contributed by atoms with Gasteiger partial charge in [0, 0.05) is 29.6 Å². The van der Waals surface area contributed by atoms with E-state index in [0.29, 0.717) is 23.0 Å². The maximum absolute atomic E-state index is 13.2. The number of anilines is 1. The van der Waals surface area contributed by atoms with Crippen LogP contribution in [0.2, 0.25) is 0 Å². The first-order valence-electron chi connectivity index (χ1n) is 11.8. The molecule has 4 aromatic rings. The highest BCUT2D eigenvalue weighted by atomic mass is 16.7. The molecule has 1 aliphatic rings. The van der Waals surface area contributed by atoms with Gasteiger partial charge in [-0.05, 0) is 37.3 Å². The maximum atomic E-state index is 13.2. The SMILES string of the molecule is C=CCN(CC(=O)Nc1nc(-c2ccccc2)cn1-c1ccc(C)cc1)C(=O)c1ccc2c(c1)OCO2. The molecule has 0 aliphatic carbocycles. The average Bonchev–Trinajstić information content (AvgIpc) is 3.56. The molecule has 2 amide bonds. The summed E-state index contributed by atoms with van der Waals surface area (Å²) >= 11 is 0. The number of aromatic nitrogens is 2. The Balaban J connectivity index is 1.39. The highest BCUT2D eigenvalue weighted by Crippen LogP contribution is 2.33. The van der Waals surface area contributed by atoms with Gasteiger partial charge in [-0.15, -0.1) is 6.58 Å². The minimum Gasteiger partial charge on any atom is -0.454 e. The molecule has 1 N–H and O–H groups in total. The minimum atomic E-state index is -0.380. The largest absolute Gasteiger partial charge is 0.454 e. The Morgan fingerprint density at radius 2 is 1.81 bits per heavy atom. The molecule has 5 rings (SSSR count). The molecule has 0 radical (unpaired) electrons. The fourth-order valence-electron chi connectivity index (χ4n) is 4.04. The molecule has 0 spiro atoms. The molecule has 3 aromatic carbocycles. The number of fused-ring (bicyclic) bond motifs is 1. The van der Waals surface area contributed by atoms with E-state index in [2.05, 4.69) is 11.9 Å². The number of hydrogen-bond donors (Lipinski definition) is 1. The van der Waals surface area contributed by atoms with Crippen LogP contribution >= 0.6 is 0 Å². The quantitative estimate of drug-likeness (QED) is 0.354. The van der Waals surface area contributed by atoms with E-state index in [1.165, 1.54) is 4.90 Å². The number of nitrogens with zero attached hydrogens (tertiary/aromatic N) is 3. The third-order valence-corrected chi connectivity index (χ3v) is 5.93. The first-order valence-corrected chi connectivity index (χ1v) is 11.8. The van der Waals surface area contributed by atoms with Gasteiger partial charge in [0.1, 0.15) is 6.54 Å². The number of aryl methyl sites for hydroxylation is 1. The second-order valence-electron chi connectivity index (χ2n) is 8.61. The molecule has 0 bridgehead atoms. The maximum Gasteiger partial charge on any atom is 0.254 e. The number of amides is 2. The summed E-state index contributed by atoms with van der Waals surface area (Å²) in [7, 11) is 0. The Morgan fingerprint density at radius 3 is 2.57 bits per heavy atom. The molecular formula is C29H26N4O4. The normalized spacial score (nSPS) is 11.7. The number of imidazole rings is 1. The summed E-state index contributed by atoms with van der Waals surface area (Å²) in [4.78, 5) is 32.5. The highest BCUT2D eigenvalue weighted by molar-refractivity contribution is 5.99. The summed E-state index contributed by atoms with van der Waals surface area (Å²) in [6.07, 6.45) is 3.47. The van der Waals surface area contributed by atoms with Gasteiger partial charge in [-0.25, -0.2) is 4.98 Å². The molecule has 0 atom stereocenters. The van der Waals surface area contributed by atoms with E-state index in [0.717, 1.165) is 22.5 Å². The molecule has 37 heavy (non-hydrogen) atoms. The van der Waals surface area contributed by atoms with Gasteiger partial charge in [0.25, 0.3) is 5.91 Å². The molecule has 8 nitrogen and oxygen atoms in total. The third kappa shape index (κ3) is 5.23. The summed E-state index contributed by atoms with van der Waals surface area (Å²) in [5.74, 6) is 0.751. The van der Waals surface area contributed by atoms with Crippen LogP contribution in [0.25, 0.3) is 16.9 Å². The van der Waals surface area contributed by atoms with Crippen LogP contribution in [0.15, 0.2) is 91.6 Å². The number of nitrogens with one attached hydrogen (secondary N) is 1. The number of rotatable bonds is 8. The smallest absolute Gasteiger partial charge is 0.254 e. The van der Waals surface area contributed by atoms with Gasteiger partial charge in [0.2, 0.25) is 18.6 Å². The predicted octanol–water partition coefficient (Wildman–Crippen LogP) is 4.84. The first kappa shape index (κ1) is 23.9. The highest BCUT2D eigenvalue weighted by Gasteiger charge is 2.22. The molecule has 1 aromatic heterocycles. The molecule has 8 heteroatoms. The van der Waals surface area contributed by atoms with Crippen molar-refractivity contribution in [3.8, 4) is 28.4 Å². The Labute approximate surface area is 214 Å². The molecule has 1 aliphatic heterocycles. The van der Waals surface area contributed by atoms with Crippen LogP contribution in [0.1, 0.15) is 15.9 Å². The van der Waals surface area contributed by atoms with Crippen molar-refractivity contribution in [2.24, 2.45) is 0 Å². The lowest BCUT2D eigenvalue weighted by Gasteiger charge is -2.21. The zero-order valence-electron chi connectivity index (χ0n) is 20.4. The summed E-state index contributed by atoms with van der Waals surface area (Å²) in [5, 5.41) is 2.89. The van der Waals surface area contributed by atoms with Gasteiger partial charge in [0.15, 0.2) is 11.5 Å². The molecule has 0 unspecified atom stereocenters. The summed E-state index contributed by atoms with van der Waals surface area (Å²) in [5.41, 5.74) is 4.02. The van der Waals surface area contributed by atoms with Crippen molar-refractivity contribution < 1.29 is 19.1 Å². The minimum absolute atomic E-state index is 0.115. The van der Waals surface area contributed by atoms with E-state index in [1.807, 2.05) is 72.3 Å². The van der Waals surface area contributed by atoms with Crippen molar-refractivity contribution in [3.63, 3.8) is 0 Å². The Bertz CT molecular complexity index is 1440. The van der Waals surface area contributed by atoms with Crippen molar-refractivity contribution in [1.82, 2.24) is 14.5 Å². The van der Waals surface area contributed by atoms with Crippen molar-refractivity contribution in [2.75, 3.05) is 25.2 Å².